The van der Waals surface area contributed by atoms with Crippen LogP contribution in [0.2, 0.25) is 0 Å². The Labute approximate surface area is 287 Å². The monoisotopic (exact) mass is 661 g/mol. The molecule has 4 aromatic rings. The van der Waals surface area contributed by atoms with Gasteiger partial charge in [-0.2, -0.15) is 15.2 Å². The molecule has 11 nitrogen and oxygen atoms in total. The summed E-state index contributed by atoms with van der Waals surface area (Å²) in [4.78, 5) is 31.9. The summed E-state index contributed by atoms with van der Waals surface area (Å²) in [5.41, 5.74) is 4.04. The average molecular weight is 662 g/mol. The molecule has 7 rings (SSSR count). The number of likely N-dealkylation sites (N-methyl/N-ethyl adjacent to an activating group) is 1. The smallest absolute Gasteiger partial charge is 0.410 e. The third-order valence-electron chi connectivity index (χ3n) is 10.0. The lowest BCUT2D eigenvalue weighted by Gasteiger charge is -2.42. The highest BCUT2D eigenvalue weighted by molar-refractivity contribution is 5.95. The maximum absolute atomic E-state index is 13.2. The van der Waals surface area contributed by atoms with Crippen LogP contribution in [0.5, 0.6) is 11.8 Å². The van der Waals surface area contributed by atoms with Crippen LogP contribution in [-0.2, 0) is 24.3 Å². The average Bonchev–Trinajstić information content (AvgIpc) is 3.56. The summed E-state index contributed by atoms with van der Waals surface area (Å²) in [7, 11) is 3.84. The number of nitrogens with zero attached hydrogens (tertiary/aromatic N) is 7. The second kappa shape index (κ2) is 14.6. The van der Waals surface area contributed by atoms with Gasteiger partial charge in [-0.1, -0.05) is 54.6 Å². The SMILES string of the molecule is COc1cc(N2CCc3c(nc(OC[C@@H]4CCCN4C)nc3N3CCN(C(=O)OCc4ccccc4)[C@@H](CC#N)C3)C2)c2ccccc2c1. The van der Waals surface area contributed by atoms with Gasteiger partial charge in [-0.15, -0.1) is 0 Å². The molecule has 0 bridgehead atoms. The van der Waals surface area contributed by atoms with Crippen LogP contribution in [-0.4, -0.2) is 91.4 Å². The van der Waals surface area contributed by atoms with Crippen molar-refractivity contribution in [3.8, 4) is 17.8 Å². The van der Waals surface area contributed by atoms with Crippen LogP contribution < -0.4 is 19.3 Å². The van der Waals surface area contributed by atoms with Gasteiger partial charge in [0.15, 0.2) is 0 Å². The first-order chi connectivity index (χ1) is 24.0. The maximum Gasteiger partial charge on any atom is 0.410 e. The number of ether oxygens (including phenoxy) is 3. The fraction of sp³-hybridized carbons (Fsp3) is 0.421. The summed E-state index contributed by atoms with van der Waals surface area (Å²) in [6.07, 6.45) is 2.77. The molecule has 0 unspecified atom stereocenters. The van der Waals surface area contributed by atoms with Gasteiger partial charge >= 0.3 is 12.1 Å². The van der Waals surface area contributed by atoms with Crippen LogP contribution >= 0.6 is 0 Å². The number of methoxy groups -OCH3 is 1. The number of hydrogen-bond donors (Lipinski definition) is 0. The summed E-state index contributed by atoms with van der Waals surface area (Å²) < 4.78 is 17.7. The first kappa shape index (κ1) is 32.5. The van der Waals surface area contributed by atoms with E-state index >= 15 is 0 Å². The Morgan fingerprint density at radius 2 is 1.82 bits per heavy atom. The number of benzene rings is 3. The Hall–Kier alpha value is -5.08. The van der Waals surface area contributed by atoms with Crippen molar-refractivity contribution in [2.75, 3.05) is 63.3 Å². The van der Waals surface area contributed by atoms with Crippen LogP contribution in [0.15, 0.2) is 66.7 Å². The third kappa shape index (κ3) is 7.06. The highest BCUT2D eigenvalue weighted by Gasteiger charge is 2.35. The number of nitriles is 1. The second-order valence-electron chi connectivity index (χ2n) is 13.1. The molecule has 1 aromatic heterocycles. The minimum absolute atomic E-state index is 0.189. The lowest BCUT2D eigenvalue weighted by atomic mass is 10.0. The van der Waals surface area contributed by atoms with Gasteiger partial charge < -0.3 is 33.8 Å². The molecule has 3 aliphatic heterocycles. The molecule has 0 aliphatic carbocycles. The fourth-order valence-electron chi connectivity index (χ4n) is 7.29. The number of carbonyl (C=O) groups is 1. The van der Waals surface area contributed by atoms with Crippen LogP contribution in [0, 0.1) is 11.3 Å². The molecule has 11 heteroatoms. The van der Waals surface area contributed by atoms with Crippen molar-refractivity contribution in [3.05, 3.63) is 83.6 Å². The second-order valence-corrected chi connectivity index (χ2v) is 13.1. The maximum atomic E-state index is 13.2. The molecule has 3 aromatic carbocycles. The molecule has 49 heavy (non-hydrogen) atoms. The molecule has 2 atom stereocenters. The molecule has 254 valence electrons. The largest absolute Gasteiger partial charge is 0.497 e. The van der Waals surface area contributed by atoms with E-state index in [2.05, 4.69) is 58.1 Å². The molecule has 1 amide bonds. The van der Waals surface area contributed by atoms with Gasteiger partial charge in [0, 0.05) is 54.9 Å². The quantitative estimate of drug-likeness (QED) is 0.231. The molecule has 2 fully saturated rings. The van der Waals surface area contributed by atoms with Crippen molar-refractivity contribution in [2.45, 2.75) is 50.9 Å². The van der Waals surface area contributed by atoms with Gasteiger partial charge in [-0.3, -0.25) is 0 Å². The topological polar surface area (TPSA) is 107 Å². The molecule has 0 saturated carbocycles. The van der Waals surface area contributed by atoms with Crippen molar-refractivity contribution < 1.29 is 19.0 Å². The molecule has 0 spiro atoms. The molecule has 0 radical (unpaired) electrons. The predicted molar refractivity (Wildman–Crippen MR) is 188 cm³/mol. The Bertz CT molecular complexity index is 1830. The number of hydrogen-bond acceptors (Lipinski definition) is 10. The lowest BCUT2D eigenvalue weighted by Crippen LogP contribution is -2.55. The van der Waals surface area contributed by atoms with Crippen LogP contribution in [0.25, 0.3) is 10.8 Å². The van der Waals surface area contributed by atoms with Crippen LogP contribution in [0.1, 0.15) is 36.1 Å². The van der Waals surface area contributed by atoms with E-state index in [1.807, 2.05) is 36.4 Å². The zero-order valence-corrected chi connectivity index (χ0v) is 28.3. The van der Waals surface area contributed by atoms with Crippen molar-refractivity contribution in [1.82, 2.24) is 19.8 Å². The molecule has 0 N–H and O–H groups in total. The Morgan fingerprint density at radius 1 is 0.980 bits per heavy atom. The standard InChI is InChI=1S/C38H43N7O4/c1-42-17-8-12-30(42)26-48-37-40-34-24-43(35-22-31(47-2)21-28-11-6-7-13-32(28)35)18-15-33(34)36(41-37)44-19-20-45(29(23-44)14-16-39)38(46)49-25-27-9-4-3-5-10-27/h3-7,9-11,13,21-22,29-30H,8,12,14-15,17-20,23-26H2,1-2H3/t29-,30-/m0/s1. The van der Waals surface area contributed by atoms with E-state index < -0.39 is 6.09 Å². The van der Waals surface area contributed by atoms with Gasteiger partial charge in [0.1, 0.15) is 24.8 Å². The van der Waals surface area contributed by atoms with Gasteiger partial charge in [0.25, 0.3) is 0 Å². The van der Waals surface area contributed by atoms with Crippen molar-refractivity contribution in [1.29, 1.82) is 5.26 Å². The fourth-order valence-corrected chi connectivity index (χ4v) is 7.29. The number of carbonyl (C=O) groups excluding carboxylic acids is 1. The van der Waals surface area contributed by atoms with Crippen molar-refractivity contribution in [2.24, 2.45) is 0 Å². The third-order valence-corrected chi connectivity index (χ3v) is 10.0. The lowest BCUT2D eigenvalue weighted by molar-refractivity contribution is 0.0767. The first-order valence-electron chi connectivity index (χ1n) is 17.1. The van der Waals surface area contributed by atoms with Crippen LogP contribution in [0.4, 0.5) is 16.3 Å². The first-order valence-corrected chi connectivity index (χ1v) is 17.1. The predicted octanol–water partition coefficient (Wildman–Crippen LogP) is 5.42. The summed E-state index contributed by atoms with van der Waals surface area (Å²) in [5.74, 6) is 1.64. The number of amides is 1. The number of likely N-dealkylation sites (tertiary alicyclic amines) is 1. The van der Waals surface area contributed by atoms with E-state index in [9.17, 15) is 10.1 Å². The minimum atomic E-state index is -0.403. The zero-order chi connectivity index (χ0) is 33.7. The number of aromatic nitrogens is 2. The summed E-state index contributed by atoms with van der Waals surface area (Å²) in [5, 5.41) is 12.0. The molecule has 2 saturated heterocycles. The highest BCUT2D eigenvalue weighted by Crippen LogP contribution is 2.37. The number of rotatable bonds is 9. The Morgan fingerprint density at radius 3 is 2.61 bits per heavy atom. The van der Waals surface area contributed by atoms with E-state index in [0.29, 0.717) is 44.8 Å². The van der Waals surface area contributed by atoms with Gasteiger partial charge in [-0.25, -0.2) is 4.79 Å². The van der Waals surface area contributed by atoms with E-state index in [-0.39, 0.29) is 19.1 Å². The van der Waals surface area contributed by atoms with Crippen LogP contribution in [0.3, 0.4) is 0 Å². The van der Waals surface area contributed by atoms with E-state index in [4.69, 9.17) is 24.2 Å². The summed E-state index contributed by atoms with van der Waals surface area (Å²) in [6.45, 7) is 4.59. The molecule has 3 aliphatic rings. The number of piperazine rings is 1. The summed E-state index contributed by atoms with van der Waals surface area (Å²) in [6, 6.07) is 24.8. The molecular formula is C38H43N7O4. The van der Waals surface area contributed by atoms with E-state index in [0.717, 1.165) is 77.2 Å². The number of anilines is 2. The normalized spacial score (nSPS) is 19.4. The van der Waals surface area contributed by atoms with Crippen molar-refractivity contribution in [3.63, 3.8) is 0 Å². The zero-order valence-electron chi connectivity index (χ0n) is 28.3. The molecular weight excluding hydrogens is 618 g/mol. The van der Waals surface area contributed by atoms with Gasteiger partial charge in [0.05, 0.1) is 37.9 Å². The summed E-state index contributed by atoms with van der Waals surface area (Å²) >= 11 is 0. The highest BCUT2D eigenvalue weighted by atomic mass is 16.6. The van der Waals surface area contributed by atoms with Crippen molar-refractivity contribution >= 4 is 28.4 Å². The van der Waals surface area contributed by atoms with Gasteiger partial charge in [-0.05, 0) is 49.9 Å². The molecule has 4 heterocycles. The minimum Gasteiger partial charge on any atom is -0.497 e. The van der Waals surface area contributed by atoms with Gasteiger partial charge in [0.2, 0.25) is 0 Å². The van der Waals surface area contributed by atoms with E-state index in [1.54, 1.807) is 12.0 Å². The Kier molecular flexibility index (Phi) is 9.66. The number of fused-ring (bicyclic) bond motifs is 2. The van der Waals surface area contributed by atoms with E-state index in [1.165, 1.54) is 0 Å². The Balaban J connectivity index is 1.16.